The minimum absolute atomic E-state index is 0.485. The van der Waals surface area contributed by atoms with Gasteiger partial charge in [0.25, 0.3) is 0 Å². The largest absolute Gasteiger partial charge is 0.467 e. The Bertz CT molecular complexity index is 1050. The van der Waals surface area contributed by atoms with Gasteiger partial charge >= 0.3 is 0 Å². The monoisotopic (exact) mass is 360 g/mol. The standard InChI is InChI=1S/C21H20N4O2/c1-14(26)15-6-4-7-16(12-15)23-21-24-19-10-3-2-9-18(19)20(25-21)22-13-17-8-5-11-27-17/h2-12,14,26H,13H2,1H3,(H2,22,23,24,25)/t14-/m0/s1. The topological polar surface area (TPSA) is 83.2 Å². The summed E-state index contributed by atoms with van der Waals surface area (Å²) in [4.78, 5) is 9.24. The molecule has 6 heteroatoms. The minimum Gasteiger partial charge on any atom is -0.467 e. The molecule has 3 N–H and O–H groups in total. The van der Waals surface area contributed by atoms with Gasteiger partial charge in [-0.2, -0.15) is 4.98 Å². The maximum Gasteiger partial charge on any atom is 0.229 e. The van der Waals surface area contributed by atoms with E-state index < -0.39 is 6.10 Å². The van der Waals surface area contributed by atoms with E-state index in [1.165, 1.54) is 0 Å². The molecule has 0 aliphatic heterocycles. The van der Waals surface area contributed by atoms with Gasteiger partial charge in [-0.25, -0.2) is 4.98 Å². The van der Waals surface area contributed by atoms with Crippen LogP contribution in [0.4, 0.5) is 17.5 Å². The molecule has 0 amide bonds. The summed E-state index contributed by atoms with van der Waals surface area (Å²) in [6.07, 6.45) is 1.12. The summed E-state index contributed by atoms with van der Waals surface area (Å²) in [6, 6.07) is 19.2. The molecule has 2 aromatic heterocycles. The summed E-state index contributed by atoms with van der Waals surface area (Å²) < 4.78 is 5.38. The van der Waals surface area contributed by atoms with Crippen molar-refractivity contribution in [3.8, 4) is 0 Å². The van der Waals surface area contributed by atoms with Crippen molar-refractivity contribution in [3.05, 3.63) is 78.3 Å². The SMILES string of the molecule is C[C@H](O)c1cccc(Nc2nc(NCc3ccco3)c3ccccc3n2)c1. The van der Waals surface area contributed by atoms with E-state index in [2.05, 4.69) is 20.6 Å². The van der Waals surface area contributed by atoms with Crippen LogP contribution in [0.25, 0.3) is 10.9 Å². The number of aromatic nitrogens is 2. The summed E-state index contributed by atoms with van der Waals surface area (Å²) >= 11 is 0. The molecule has 0 saturated heterocycles. The number of furan rings is 1. The van der Waals surface area contributed by atoms with E-state index in [9.17, 15) is 5.11 Å². The number of hydrogen-bond acceptors (Lipinski definition) is 6. The third kappa shape index (κ3) is 3.91. The van der Waals surface area contributed by atoms with E-state index in [0.29, 0.717) is 12.5 Å². The van der Waals surface area contributed by atoms with E-state index >= 15 is 0 Å². The van der Waals surface area contributed by atoms with Crippen molar-refractivity contribution >= 4 is 28.4 Å². The van der Waals surface area contributed by atoms with E-state index in [4.69, 9.17) is 4.42 Å². The molecule has 27 heavy (non-hydrogen) atoms. The quantitative estimate of drug-likeness (QED) is 0.465. The Hall–Kier alpha value is -3.38. The molecule has 1 atom stereocenters. The number of nitrogens with zero attached hydrogens (tertiary/aromatic N) is 2. The van der Waals surface area contributed by atoms with Gasteiger partial charge in [0.1, 0.15) is 11.6 Å². The smallest absolute Gasteiger partial charge is 0.229 e. The molecule has 0 bridgehead atoms. The molecule has 2 aromatic carbocycles. The van der Waals surface area contributed by atoms with Gasteiger partial charge in [-0.3, -0.25) is 0 Å². The second-order valence-corrected chi connectivity index (χ2v) is 6.27. The van der Waals surface area contributed by atoms with Crippen LogP contribution < -0.4 is 10.6 Å². The highest BCUT2D eigenvalue weighted by molar-refractivity contribution is 5.90. The highest BCUT2D eigenvalue weighted by Crippen LogP contribution is 2.25. The molecular formula is C21H20N4O2. The molecule has 4 aromatic rings. The van der Waals surface area contributed by atoms with Crippen molar-refractivity contribution < 1.29 is 9.52 Å². The lowest BCUT2D eigenvalue weighted by molar-refractivity contribution is 0.199. The Morgan fingerprint density at radius 3 is 2.74 bits per heavy atom. The maximum atomic E-state index is 9.78. The molecule has 2 heterocycles. The fourth-order valence-corrected chi connectivity index (χ4v) is 2.86. The highest BCUT2D eigenvalue weighted by Gasteiger charge is 2.09. The number of anilines is 3. The summed E-state index contributed by atoms with van der Waals surface area (Å²) in [5, 5.41) is 17.3. The number of aliphatic hydroxyl groups is 1. The summed E-state index contributed by atoms with van der Waals surface area (Å²) in [5.41, 5.74) is 2.49. The van der Waals surface area contributed by atoms with Crippen LogP contribution in [0.2, 0.25) is 0 Å². The maximum absolute atomic E-state index is 9.78. The molecule has 0 spiro atoms. The molecule has 136 valence electrons. The number of aliphatic hydroxyl groups excluding tert-OH is 1. The lowest BCUT2D eigenvalue weighted by atomic mass is 10.1. The Morgan fingerprint density at radius 1 is 1.04 bits per heavy atom. The van der Waals surface area contributed by atoms with Gasteiger partial charge in [0, 0.05) is 11.1 Å². The number of benzene rings is 2. The van der Waals surface area contributed by atoms with Gasteiger partial charge in [0.15, 0.2) is 0 Å². The van der Waals surface area contributed by atoms with Crippen molar-refractivity contribution in [1.82, 2.24) is 9.97 Å². The van der Waals surface area contributed by atoms with Crippen LogP contribution >= 0.6 is 0 Å². The molecule has 6 nitrogen and oxygen atoms in total. The zero-order valence-corrected chi connectivity index (χ0v) is 14.9. The fraction of sp³-hybridized carbons (Fsp3) is 0.143. The first-order chi connectivity index (χ1) is 13.2. The van der Waals surface area contributed by atoms with E-state index in [0.717, 1.165) is 33.7 Å². The van der Waals surface area contributed by atoms with Gasteiger partial charge in [0.2, 0.25) is 5.95 Å². The predicted molar refractivity (Wildman–Crippen MR) is 106 cm³/mol. The highest BCUT2D eigenvalue weighted by atomic mass is 16.3. The molecule has 0 unspecified atom stereocenters. The third-order valence-electron chi connectivity index (χ3n) is 4.24. The average molecular weight is 360 g/mol. The molecule has 0 fully saturated rings. The van der Waals surface area contributed by atoms with E-state index in [1.54, 1.807) is 13.2 Å². The fourth-order valence-electron chi connectivity index (χ4n) is 2.86. The number of para-hydroxylation sites is 1. The van der Waals surface area contributed by atoms with Crippen LogP contribution in [0.5, 0.6) is 0 Å². The molecule has 0 aliphatic rings. The molecule has 4 rings (SSSR count). The van der Waals surface area contributed by atoms with Crippen LogP contribution in [0, 0.1) is 0 Å². The Kier molecular flexibility index (Phi) is 4.72. The van der Waals surface area contributed by atoms with Crippen molar-refractivity contribution in [2.75, 3.05) is 10.6 Å². The lowest BCUT2D eigenvalue weighted by Crippen LogP contribution is -2.05. The first-order valence-electron chi connectivity index (χ1n) is 8.77. The normalized spacial score (nSPS) is 12.1. The second kappa shape index (κ2) is 7.47. The second-order valence-electron chi connectivity index (χ2n) is 6.27. The molecular weight excluding hydrogens is 340 g/mol. The van der Waals surface area contributed by atoms with Crippen LogP contribution in [0.1, 0.15) is 24.4 Å². The van der Waals surface area contributed by atoms with Gasteiger partial charge < -0.3 is 20.2 Å². The van der Waals surface area contributed by atoms with Crippen molar-refractivity contribution in [1.29, 1.82) is 0 Å². The Morgan fingerprint density at radius 2 is 1.93 bits per heavy atom. The van der Waals surface area contributed by atoms with Gasteiger partial charge in [-0.1, -0.05) is 24.3 Å². The third-order valence-corrected chi connectivity index (χ3v) is 4.24. The van der Waals surface area contributed by atoms with E-state index in [-0.39, 0.29) is 0 Å². The molecule has 0 saturated carbocycles. The van der Waals surface area contributed by atoms with Gasteiger partial charge in [-0.15, -0.1) is 0 Å². The van der Waals surface area contributed by atoms with Crippen LogP contribution in [0.3, 0.4) is 0 Å². The number of hydrogen-bond donors (Lipinski definition) is 3. The molecule has 0 radical (unpaired) electrons. The zero-order chi connectivity index (χ0) is 18.6. The van der Waals surface area contributed by atoms with Crippen molar-refractivity contribution in [3.63, 3.8) is 0 Å². The number of nitrogens with one attached hydrogen (secondary N) is 2. The van der Waals surface area contributed by atoms with Crippen LogP contribution in [-0.2, 0) is 6.54 Å². The van der Waals surface area contributed by atoms with Crippen molar-refractivity contribution in [2.24, 2.45) is 0 Å². The van der Waals surface area contributed by atoms with Gasteiger partial charge in [0.05, 0.1) is 24.4 Å². The van der Waals surface area contributed by atoms with Crippen LogP contribution in [0.15, 0.2) is 71.3 Å². The number of rotatable bonds is 6. The number of fused-ring (bicyclic) bond motifs is 1. The minimum atomic E-state index is -0.533. The first-order valence-corrected chi connectivity index (χ1v) is 8.77. The predicted octanol–water partition coefficient (Wildman–Crippen LogP) is 4.63. The average Bonchev–Trinajstić information content (AvgIpc) is 3.20. The Labute approximate surface area is 156 Å². The summed E-state index contributed by atoms with van der Waals surface area (Å²) in [5.74, 6) is 2.04. The molecule has 0 aliphatic carbocycles. The van der Waals surface area contributed by atoms with Gasteiger partial charge in [-0.05, 0) is 48.9 Å². The first kappa shape index (κ1) is 17.1. The lowest BCUT2D eigenvalue weighted by Gasteiger charge is -2.12. The van der Waals surface area contributed by atoms with Crippen LogP contribution in [-0.4, -0.2) is 15.1 Å². The van der Waals surface area contributed by atoms with E-state index in [1.807, 2.05) is 60.7 Å². The summed E-state index contributed by atoms with van der Waals surface area (Å²) in [6.45, 7) is 2.27. The zero-order valence-electron chi connectivity index (χ0n) is 14.9. The summed E-state index contributed by atoms with van der Waals surface area (Å²) in [7, 11) is 0. The van der Waals surface area contributed by atoms with Crippen molar-refractivity contribution in [2.45, 2.75) is 19.6 Å². The Balaban J connectivity index is 1.65.